The largest absolute Gasteiger partial charge is 0.467 e. The summed E-state index contributed by atoms with van der Waals surface area (Å²) in [5, 5.41) is 0. The minimum Gasteiger partial charge on any atom is -0.467 e. The van der Waals surface area contributed by atoms with Crippen molar-refractivity contribution in [3.05, 3.63) is 0 Å². The van der Waals surface area contributed by atoms with Gasteiger partial charge in [0, 0.05) is 0 Å². The molecule has 0 aliphatic carbocycles. The lowest BCUT2D eigenvalue weighted by Crippen LogP contribution is -2.41. The Hall–Kier alpha value is -0.610. The van der Waals surface area contributed by atoms with Crippen molar-refractivity contribution in [3.63, 3.8) is 0 Å². The second kappa shape index (κ2) is 1.71. The number of esters is 1. The molecular formula is C6H8O4. The third kappa shape index (κ3) is 0.602. The number of epoxide rings is 1. The van der Waals surface area contributed by atoms with Crippen LogP contribution in [0.25, 0.3) is 0 Å². The topological polar surface area (TPSA) is 48.1 Å². The van der Waals surface area contributed by atoms with E-state index < -0.39 is 0 Å². The summed E-state index contributed by atoms with van der Waals surface area (Å²) in [5.41, 5.74) is -0.285. The Morgan fingerprint density at radius 1 is 1.70 bits per heavy atom. The molecule has 0 amide bonds. The molecule has 2 aliphatic heterocycles. The molecule has 1 spiro atoms. The summed E-state index contributed by atoms with van der Waals surface area (Å²) in [6, 6.07) is 0. The van der Waals surface area contributed by atoms with E-state index in [9.17, 15) is 4.79 Å². The van der Waals surface area contributed by atoms with Crippen molar-refractivity contribution in [2.75, 3.05) is 20.3 Å². The first-order valence-corrected chi connectivity index (χ1v) is 3.12. The van der Waals surface area contributed by atoms with Crippen molar-refractivity contribution < 1.29 is 19.0 Å². The van der Waals surface area contributed by atoms with Gasteiger partial charge < -0.3 is 14.2 Å². The molecule has 1 unspecified atom stereocenters. The molecule has 56 valence electrons. The van der Waals surface area contributed by atoms with Crippen molar-refractivity contribution in [1.29, 1.82) is 0 Å². The monoisotopic (exact) mass is 144 g/mol. The molecule has 0 saturated carbocycles. The minimum absolute atomic E-state index is 0.285. The van der Waals surface area contributed by atoms with Crippen LogP contribution in [0.3, 0.4) is 0 Å². The lowest BCUT2D eigenvalue weighted by molar-refractivity contribution is -0.142. The molecule has 0 radical (unpaired) electrons. The molecule has 2 heterocycles. The number of hydrogen-bond acceptors (Lipinski definition) is 4. The molecule has 4 nitrogen and oxygen atoms in total. The van der Waals surface area contributed by atoms with Crippen LogP contribution in [0, 0.1) is 0 Å². The van der Waals surface area contributed by atoms with Crippen molar-refractivity contribution in [2.24, 2.45) is 0 Å². The van der Waals surface area contributed by atoms with Gasteiger partial charge in [-0.2, -0.15) is 0 Å². The van der Waals surface area contributed by atoms with E-state index in [1.807, 2.05) is 0 Å². The molecule has 2 saturated heterocycles. The van der Waals surface area contributed by atoms with E-state index in [1.54, 1.807) is 0 Å². The van der Waals surface area contributed by atoms with Crippen LogP contribution in [-0.2, 0) is 19.0 Å². The van der Waals surface area contributed by atoms with Gasteiger partial charge in [-0.25, -0.2) is 4.79 Å². The third-order valence-electron chi connectivity index (χ3n) is 1.88. The van der Waals surface area contributed by atoms with Crippen LogP contribution < -0.4 is 0 Å². The Labute approximate surface area is 58.1 Å². The van der Waals surface area contributed by atoms with Gasteiger partial charge in [0.1, 0.15) is 0 Å². The molecule has 2 rings (SSSR count). The standard InChI is InChI=1S/C6H8O4/c1-8-5(7)4-6(10-4)2-9-3-6/h4H,2-3H2,1H3. The highest BCUT2D eigenvalue weighted by atomic mass is 16.7. The minimum atomic E-state index is -0.355. The van der Waals surface area contributed by atoms with Crippen LogP contribution in [0.2, 0.25) is 0 Å². The highest BCUT2D eigenvalue weighted by Gasteiger charge is 2.66. The summed E-state index contributed by atoms with van der Waals surface area (Å²) in [6.07, 6.45) is -0.355. The normalized spacial score (nSPS) is 33.1. The highest BCUT2D eigenvalue weighted by molar-refractivity contribution is 5.79. The van der Waals surface area contributed by atoms with Gasteiger partial charge in [0.05, 0.1) is 20.3 Å². The molecule has 1 atom stereocenters. The van der Waals surface area contributed by atoms with E-state index in [-0.39, 0.29) is 17.7 Å². The fraction of sp³-hybridized carbons (Fsp3) is 0.833. The van der Waals surface area contributed by atoms with E-state index in [0.29, 0.717) is 13.2 Å². The van der Waals surface area contributed by atoms with Gasteiger partial charge in [-0.15, -0.1) is 0 Å². The van der Waals surface area contributed by atoms with Crippen molar-refractivity contribution in [1.82, 2.24) is 0 Å². The second-order valence-corrected chi connectivity index (χ2v) is 2.58. The maximum atomic E-state index is 10.8. The van der Waals surface area contributed by atoms with E-state index in [0.717, 1.165) is 0 Å². The Morgan fingerprint density at radius 3 is 2.70 bits per heavy atom. The lowest BCUT2D eigenvalue weighted by Gasteiger charge is -2.21. The Morgan fingerprint density at radius 2 is 2.40 bits per heavy atom. The predicted molar refractivity (Wildman–Crippen MR) is 30.4 cm³/mol. The van der Waals surface area contributed by atoms with Gasteiger partial charge in [0.2, 0.25) is 0 Å². The fourth-order valence-electron chi connectivity index (χ4n) is 1.09. The zero-order valence-electron chi connectivity index (χ0n) is 5.62. The first kappa shape index (κ1) is 6.12. The van der Waals surface area contributed by atoms with Gasteiger partial charge in [0.25, 0.3) is 0 Å². The summed E-state index contributed by atoms with van der Waals surface area (Å²) in [6.45, 7) is 1.07. The molecule has 0 N–H and O–H groups in total. The molecular weight excluding hydrogens is 136 g/mol. The molecule has 0 aromatic heterocycles. The quantitative estimate of drug-likeness (QED) is 0.361. The summed E-state index contributed by atoms with van der Waals surface area (Å²) in [7, 11) is 1.36. The zero-order chi connectivity index (χ0) is 7.19. The zero-order valence-corrected chi connectivity index (χ0v) is 5.62. The lowest BCUT2D eigenvalue weighted by atomic mass is 10.0. The molecule has 0 aromatic rings. The maximum Gasteiger partial charge on any atom is 0.338 e. The van der Waals surface area contributed by atoms with E-state index >= 15 is 0 Å². The predicted octanol–water partition coefficient (Wildman–Crippen LogP) is -0.673. The van der Waals surface area contributed by atoms with E-state index in [2.05, 4.69) is 4.74 Å². The molecule has 0 bridgehead atoms. The Kier molecular flexibility index (Phi) is 1.04. The van der Waals surface area contributed by atoms with Crippen LogP contribution in [0.1, 0.15) is 0 Å². The SMILES string of the molecule is COC(=O)C1OC12COC2. The molecule has 4 heteroatoms. The van der Waals surface area contributed by atoms with Crippen LogP contribution >= 0.6 is 0 Å². The molecule has 2 fully saturated rings. The number of rotatable bonds is 1. The van der Waals surface area contributed by atoms with Gasteiger partial charge in [-0.1, -0.05) is 0 Å². The summed E-state index contributed by atoms with van der Waals surface area (Å²) >= 11 is 0. The van der Waals surface area contributed by atoms with Gasteiger partial charge in [-0.3, -0.25) is 0 Å². The number of carbonyl (C=O) groups excluding carboxylic acids is 1. The number of ether oxygens (including phenoxy) is 3. The number of hydrogen-bond donors (Lipinski definition) is 0. The van der Waals surface area contributed by atoms with Crippen LogP contribution in [-0.4, -0.2) is 38.0 Å². The average molecular weight is 144 g/mol. The summed E-state index contributed by atoms with van der Waals surface area (Å²) < 4.78 is 14.5. The van der Waals surface area contributed by atoms with Gasteiger partial charge in [0.15, 0.2) is 11.7 Å². The molecule has 0 aromatic carbocycles. The number of methoxy groups -OCH3 is 1. The molecule has 10 heavy (non-hydrogen) atoms. The first-order valence-electron chi connectivity index (χ1n) is 3.12. The van der Waals surface area contributed by atoms with Crippen LogP contribution in [0.5, 0.6) is 0 Å². The van der Waals surface area contributed by atoms with Gasteiger partial charge >= 0.3 is 5.97 Å². The smallest absolute Gasteiger partial charge is 0.338 e. The maximum absolute atomic E-state index is 10.8. The van der Waals surface area contributed by atoms with Crippen molar-refractivity contribution in [3.8, 4) is 0 Å². The van der Waals surface area contributed by atoms with Crippen LogP contribution in [0.15, 0.2) is 0 Å². The summed E-state index contributed by atoms with van der Waals surface area (Å²) in [4.78, 5) is 10.8. The van der Waals surface area contributed by atoms with Crippen molar-refractivity contribution in [2.45, 2.75) is 11.7 Å². The van der Waals surface area contributed by atoms with Crippen molar-refractivity contribution >= 4 is 5.97 Å². The fourth-order valence-corrected chi connectivity index (χ4v) is 1.09. The van der Waals surface area contributed by atoms with E-state index in [1.165, 1.54) is 7.11 Å². The third-order valence-corrected chi connectivity index (χ3v) is 1.88. The molecule has 2 aliphatic rings. The van der Waals surface area contributed by atoms with E-state index in [4.69, 9.17) is 9.47 Å². The highest BCUT2D eigenvalue weighted by Crippen LogP contribution is 2.43. The second-order valence-electron chi connectivity index (χ2n) is 2.58. The number of carbonyl (C=O) groups is 1. The Bertz CT molecular complexity index is 173. The summed E-state index contributed by atoms with van der Waals surface area (Å²) in [5.74, 6) is -0.289. The Balaban J connectivity index is 1.94. The van der Waals surface area contributed by atoms with Crippen LogP contribution in [0.4, 0.5) is 0 Å². The van der Waals surface area contributed by atoms with Gasteiger partial charge in [-0.05, 0) is 0 Å². The first-order chi connectivity index (χ1) is 4.78. The average Bonchev–Trinajstić information content (AvgIpc) is 2.59.